The van der Waals surface area contributed by atoms with E-state index in [4.69, 9.17) is 9.47 Å². The second-order valence-electron chi connectivity index (χ2n) is 5.56. The first-order chi connectivity index (χ1) is 8.77. The molecule has 3 fully saturated rings. The van der Waals surface area contributed by atoms with Crippen LogP contribution in [0.5, 0.6) is 0 Å². The van der Waals surface area contributed by atoms with Crippen LogP contribution >= 0.6 is 12.4 Å². The van der Waals surface area contributed by atoms with Gasteiger partial charge in [-0.3, -0.25) is 4.79 Å². The van der Waals surface area contributed by atoms with Crippen molar-refractivity contribution in [2.45, 2.75) is 56.5 Å². The molecule has 5 nitrogen and oxygen atoms in total. The zero-order valence-electron chi connectivity index (χ0n) is 11.2. The summed E-state index contributed by atoms with van der Waals surface area (Å²) in [5.74, 6) is -0.218. The Bertz CT molecular complexity index is 315. The largest absolute Gasteiger partial charge is 0.352 e. The average molecular weight is 291 g/mol. The fourth-order valence-electron chi connectivity index (χ4n) is 3.14. The Balaban J connectivity index is 0.00000133. The molecule has 0 radical (unpaired) electrons. The van der Waals surface area contributed by atoms with Crippen LogP contribution in [0.3, 0.4) is 0 Å². The summed E-state index contributed by atoms with van der Waals surface area (Å²) < 4.78 is 11.7. The SMILES string of the molecule is Cl.O=C(NCC1COC2(CCCC2)O1)C1CCCN1. The van der Waals surface area contributed by atoms with E-state index in [1.165, 1.54) is 12.8 Å². The number of ether oxygens (including phenoxy) is 2. The number of amides is 1. The monoisotopic (exact) mass is 290 g/mol. The van der Waals surface area contributed by atoms with E-state index in [0.29, 0.717) is 13.2 Å². The minimum absolute atomic E-state index is 0. The molecule has 2 saturated heterocycles. The van der Waals surface area contributed by atoms with E-state index in [0.717, 1.165) is 32.2 Å². The lowest BCUT2D eigenvalue weighted by Crippen LogP contribution is -2.44. The number of carbonyl (C=O) groups is 1. The third-order valence-electron chi connectivity index (χ3n) is 4.16. The summed E-state index contributed by atoms with van der Waals surface area (Å²) in [5.41, 5.74) is 0. The van der Waals surface area contributed by atoms with E-state index in [9.17, 15) is 4.79 Å². The van der Waals surface area contributed by atoms with Gasteiger partial charge >= 0.3 is 0 Å². The molecule has 1 spiro atoms. The van der Waals surface area contributed by atoms with Crippen LogP contribution in [-0.4, -0.2) is 43.5 Å². The van der Waals surface area contributed by atoms with Crippen LogP contribution in [-0.2, 0) is 14.3 Å². The highest BCUT2D eigenvalue weighted by molar-refractivity contribution is 5.85. The zero-order valence-corrected chi connectivity index (χ0v) is 12.0. The third kappa shape index (κ3) is 3.40. The van der Waals surface area contributed by atoms with Gasteiger partial charge in [-0.1, -0.05) is 0 Å². The topological polar surface area (TPSA) is 59.6 Å². The summed E-state index contributed by atoms with van der Waals surface area (Å²) >= 11 is 0. The van der Waals surface area contributed by atoms with Gasteiger partial charge in [0.25, 0.3) is 0 Å². The molecule has 2 N–H and O–H groups in total. The molecular weight excluding hydrogens is 268 g/mol. The molecule has 0 aromatic heterocycles. The molecule has 1 aliphatic carbocycles. The van der Waals surface area contributed by atoms with Gasteiger partial charge in [0.15, 0.2) is 5.79 Å². The second kappa shape index (κ2) is 6.39. The molecule has 110 valence electrons. The molecule has 0 aromatic rings. The minimum Gasteiger partial charge on any atom is -0.352 e. The highest BCUT2D eigenvalue weighted by Crippen LogP contribution is 2.38. The molecule has 0 aromatic carbocycles. The second-order valence-corrected chi connectivity index (χ2v) is 5.56. The molecule has 2 unspecified atom stereocenters. The summed E-state index contributed by atoms with van der Waals surface area (Å²) in [4.78, 5) is 11.8. The zero-order chi connectivity index (χ0) is 12.4. The molecule has 1 amide bonds. The Morgan fingerprint density at radius 2 is 2.11 bits per heavy atom. The van der Waals surface area contributed by atoms with E-state index in [2.05, 4.69) is 10.6 Å². The molecule has 3 rings (SSSR count). The van der Waals surface area contributed by atoms with Crippen molar-refractivity contribution in [3.05, 3.63) is 0 Å². The molecule has 6 heteroatoms. The van der Waals surface area contributed by atoms with E-state index in [1.807, 2.05) is 0 Å². The Kier molecular flexibility index (Phi) is 5.06. The smallest absolute Gasteiger partial charge is 0.237 e. The Morgan fingerprint density at radius 1 is 1.32 bits per heavy atom. The Hall–Kier alpha value is -0.360. The number of hydrogen-bond acceptors (Lipinski definition) is 4. The highest BCUT2D eigenvalue weighted by atomic mass is 35.5. The molecule has 19 heavy (non-hydrogen) atoms. The summed E-state index contributed by atoms with van der Waals surface area (Å²) in [7, 11) is 0. The van der Waals surface area contributed by atoms with Crippen molar-refractivity contribution in [1.29, 1.82) is 0 Å². The number of hydrogen-bond donors (Lipinski definition) is 2. The Morgan fingerprint density at radius 3 is 2.79 bits per heavy atom. The number of carbonyl (C=O) groups excluding carboxylic acids is 1. The fraction of sp³-hybridized carbons (Fsp3) is 0.923. The molecular formula is C13H23ClN2O3. The van der Waals surface area contributed by atoms with Crippen molar-refractivity contribution in [3.8, 4) is 0 Å². The van der Waals surface area contributed by atoms with Crippen LogP contribution in [0.15, 0.2) is 0 Å². The maximum atomic E-state index is 11.8. The summed E-state index contributed by atoms with van der Waals surface area (Å²) in [6.45, 7) is 2.13. The lowest BCUT2D eigenvalue weighted by atomic mass is 10.2. The predicted octanol–water partition coefficient (Wildman–Crippen LogP) is 0.962. The van der Waals surface area contributed by atoms with Gasteiger partial charge in [0.1, 0.15) is 6.10 Å². The van der Waals surface area contributed by atoms with E-state index in [1.54, 1.807) is 0 Å². The quantitative estimate of drug-likeness (QED) is 0.813. The van der Waals surface area contributed by atoms with Crippen molar-refractivity contribution in [2.75, 3.05) is 19.7 Å². The number of halogens is 1. The van der Waals surface area contributed by atoms with Gasteiger partial charge in [0.2, 0.25) is 5.91 Å². The van der Waals surface area contributed by atoms with Crippen molar-refractivity contribution in [3.63, 3.8) is 0 Å². The average Bonchev–Trinajstić information content (AvgIpc) is 3.09. The van der Waals surface area contributed by atoms with Crippen LogP contribution in [0.2, 0.25) is 0 Å². The van der Waals surface area contributed by atoms with Gasteiger partial charge in [-0.15, -0.1) is 12.4 Å². The van der Waals surface area contributed by atoms with Gasteiger partial charge < -0.3 is 20.1 Å². The molecule has 2 heterocycles. The van der Waals surface area contributed by atoms with Crippen molar-refractivity contribution < 1.29 is 14.3 Å². The summed E-state index contributed by atoms with van der Waals surface area (Å²) in [6, 6.07) is -0.00670. The van der Waals surface area contributed by atoms with Crippen LogP contribution in [0, 0.1) is 0 Å². The van der Waals surface area contributed by atoms with Gasteiger partial charge in [-0.2, -0.15) is 0 Å². The third-order valence-corrected chi connectivity index (χ3v) is 4.16. The maximum absolute atomic E-state index is 11.8. The van der Waals surface area contributed by atoms with E-state index >= 15 is 0 Å². The van der Waals surface area contributed by atoms with Gasteiger partial charge in [-0.25, -0.2) is 0 Å². The highest BCUT2D eigenvalue weighted by Gasteiger charge is 2.43. The molecule has 2 aliphatic heterocycles. The Labute approximate surface area is 120 Å². The van der Waals surface area contributed by atoms with Crippen LogP contribution < -0.4 is 10.6 Å². The minimum atomic E-state index is -0.318. The van der Waals surface area contributed by atoms with Gasteiger partial charge in [0.05, 0.1) is 12.6 Å². The number of rotatable bonds is 3. The predicted molar refractivity (Wildman–Crippen MR) is 73.3 cm³/mol. The van der Waals surface area contributed by atoms with Crippen molar-refractivity contribution in [2.24, 2.45) is 0 Å². The van der Waals surface area contributed by atoms with Crippen molar-refractivity contribution >= 4 is 18.3 Å². The summed E-state index contributed by atoms with van der Waals surface area (Å²) in [5, 5.41) is 6.16. The van der Waals surface area contributed by atoms with Crippen LogP contribution in [0.4, 0.5) is 0 Å². The van der Waals surface area contributed by atoms with Crippen LogP contribution in [0.25, 0.3) is 0 Å². The van der Waals surface area contributed by atoms with E-state index < -0.39 is 0 Å². The molecule has 2 atom stereocenters. The lowest BCUT2D eigenvalue weighted by molar-refractivity contribution is -0.161. The van der Waals surface area contributed by atoms with E-state index in [-0.39, 0.29) is 36.2 Å². The maximum Gasteiger partial charge on any atom is 0.237 e. The van der Waals surface area contributed by atoms with Crippen LogP contribution in [0.1, 0.15) is 38.5 Å². The number of nitrogens with one attached hydrogen (secondary N) is 2. The van der Waals surface area contributed by atoms with Gasteiger partial charge in [0, 0.05) is 19.4 Å². The first-order valence-corrected chi connectivity index (χ1v) is 7.10. The first-order valence-electron chi connectivity index (χ1n) is 7.10. The van der Waals surface area contributed by atoms with Crippen molar-refractivity contribution in [1.82, 2.24) is 10.6 Å². The lowest BCUT2D eigenvalue weighted by Gasteiger charge is -2.22. The normalized spacial score (nSPS) is 32.4. The van der Waals surface area contributed by atoms with Gasteiger partial charge in [-0.05, 0) is 32.2 Å². The molecule has 0 bridgehead atoms. The standard InChI is InChI=1S/C13H22N2O3.ClH/c16-12(11-4-3-7-14-11)15-8-10-9-17-13(18-10)5-1-2-6-13;/h10-11,14H,1-9H2,(H,15,16);1H. The molecule has 3 aliphatic rings. The fourth-order valence-corrected chi connectivity index (χ4v) is 3.14. The first kappa shape index (κ1) is 15.0. The molecule has 1 saturated carbocycles. The summed E-state index contributed by atoms with van der Waals surface area (Å²) in [6.07, 6.45) is 6.43.